The van der Waals surface area contributed by atoms with Gasteiger partial charge in [0.1, 0.15) is 11.6 Å². The summed E-state index contributed by atoms with van der Waals surface area (Å²) in [7, 11) is 0. The number of fused-ring (bicyclic) bond motifs is 1. The number of aromatic nitrogens is 2. The first-order valence-corrected chi connectivity index (χ1v) is 6.26. The molecule has 2 rings (SSSR count). The van der Waals surface area contributed by atoms with Gasteiger partial charge in [-0.3, -0.25) is 0 Å². The van der Waals surface area contributed by atoms with Crippen LogP contribution < -0.4 is 0 Å². The van der Waals surface area contributed by atoms with Crippen molar-refractivity contribution >= 4 is 38.6 Å². The standard InChI is InChI=1S/C11H11BrClFN2/c1-3-16-10-5-8(14)7(12)4-9(10)15-11(16)6(2)13/h4-6H,3H2,1-2H3. The van der Waals surface area contributed by atoms with Gasteiger partial charge in [0.25, 0.3) is 0 Å². The molecule has 1 atom stereocenters. The monoisotopic (exact) mass is 304 g/mol. The predicted octanol–water partition coefficient (Wildman–Crippen LogP) is 4.26. The Morgan fingerprint density at radius 3 is 2.81 bits per heavy atom. The van der Waals surface area contributed by atoms with Gasteiger partial charge in [-0.15, -0.1) is 11.6 Å². The summed E-state index contributed by atoms with van der Waals surface area (Å²) in [4.78, 5) is 4.42. The number of halogens is 3. The van der Waals surface area contributed by atoms with Crippen LogP contribution in [0, 0.1) is 5.82 Å². The molecule has 0 aliphatic rings. The maximum Gasteiger partial charge on any atom is 0.139 e. The Labute approximate surface area is 107 Å². The van der Waals surface area contributed by atoms with E-state index < -0.39 is 0 Å². The Kier molecular flexibility index (Phi) is 3.22. The molecular weight excluding hydrogens is 294 g/mol. The SMILES string of the molecule is CCn1c(C(C)Cl)nc2cc(Br)c(F)cc21. The highest BCUT2D eigenvalue weighted by Crippen LogP contribution is 2.28. The molecule has 1 aromatic carbocycles. The van der Waals surface area contributed by atoms with E-state index in [0.717, 1.165) is 23.4 Å². The lowest BCUT2D eigenvalue weighted by Gasteiger charge is -2.06. The fourth-order valence-electron chi connectivity index (χ4n) is 1.77. The van der Waals surface area contributed by atoms with Gasteiger partial charge < -0.3 is 4.57 Å². The van der Waals surface area contributed by atoms with E-state index in [4.69, 9.17) is 11.6 Å². The molecule has 5 heteroatoms. The van der Waals surface area contributed by atoms with Gasteiger partial charge >= 0.3 is 0 Å². The fraction of sp³-hybridized carbons (Fsp3) is 0.364. The Balaban J connectivity index is 2.77. The average molecular weight is 306 g/mol. The van der Waals surface area contributed by atoms with E-state index in [1.165, 1.54) is 6.07 Å². The molecule has 0 saturated carbocycles. The third-order valence-corrected chi connectivity index (χ3v) is 3.29. The number of imidazole rings is 1. The first-order chi connectivity index (χ1) is 7.54. The van der Waals surface area contributed by atoms with Crippen molar-refractivity contribution in [2.24, 2.45) is 0 Å². The van der Waals surface area contributed by atoms with Crippen molar-refractivity contribution in [3.05, 3.63) is 28.2 Å². The minimum absolute atomic E-state index is 0.186. The molecule has 0 saturated heterocycles. The molecule has 0 aliphatic heterocycles. The molecule has 2 aromatic rings. The molecule has 86 valence electrons. The first-order valence-electron chi connectivity index (χ1n) is 5.03. The zero-order chi connectivity index (χ0) is 11.9. The number of aryl methyl sites for hydroxylation is 1. The summed E-state index contributed by atoms with van der Waals surface area (Å²) in [5.74, 6) is 0.493. The second-order valence-corrected chi connectivity index (χ2v) is 5.09. The lowest BCUT2D eigenvalue weighted by Crippen LogP contribution is -2.02. The van der Waals surface area contributed by atoms with E-state index >= 15 is 0 Å². The highest BCUT2D eigenvalue weighted by Gasteiger charge is 2.15. The summed E-state index contributed by atoms with van der Waals surface area (Å²) >= 11 is 9.20. The maximum atomic E-state index is 13.5. The molecule has 1 heterocycles. The molecular formula is C11H11BrClFN2. The van der Waals surface area contributed by atoms with Crippen LogP contribution in [0.5, 0.6) is 0 Å². The normalized spacial score (nSPS) is 13.3. The van der Waals surface area contributed by atoms with E-state index in [1.54, 1.807) is 6.07 Å². The molecule has 16 heavy (non-hydrogen) atoms. The van der Waals surface area contributed by atoms with Gasteiger partial charge in [0.05, 0.1) is 20.9 Å². The van der Waals surface area contributed by atoms with E-state index in [2.05, 4.69) is 20.9 Å². The van der Waals surface area contributed by atoms with Gasteiger partial charge in [-0.2, -0.15) is 0 Å². The van der Waals surface area contributed by atoms with Crippen LogP contribution in [0.4, 0.5) is 4.39 Å². The van der Waals surface area contributed by atoms with Crippen LogP contribution in [0.2, 0.25) is 0 Å². The van der Waals surface area contributed by atoms with E-state index in [9.17, 15) is 4.39 Å². The van der Waals surface area contributed by atoms with Gasteiger partial charge in [0, 0.05) is 12.6 Å². The molecule has 0 spiro atoms. The van der Waals surface area contributed by atoms with E-state index in [1.807, 2.05) is 18.4 Å². The summed E-state index contributed by atoms with van der Waals surface area (Å²) in [5.41, 5.74) is 1.54. The quantitative estimate of drug-likeness (QED) is 0.758. The van der Waals surface area contributed by atoms with Crippen LogP contribution in [-0.2, 0) is 6.54 Å². The molecule has 2 nitrogen and oxygen atoms in total. The smallest absolute Gasteiger partial charge is 0.139 e. The fourth-order valence-corrected chi connectivity index (χ4v) is 2.27. The first kappa shape index (κ1) is 11.9. The Hall–Kier alpha value is -0.610. The summed E-state index contributed by atoms with van der Waals surface area (Å²) < 4.78 is 15.8. The lowest BCUT2D eigenvalue weighted by atomic mass is 10.3. The Morgan fingerprint density at radius 2 is 2.25 bits per heavy atom. The zero-order valence-electron chi connectivity index (χ0n) is 8.97. The van der Waals surface area contributed by atoms with Crippen LogP contribution in [0.1, 0.15) is 25.0 Å². The van der Waals surface area contributed by atoms with Crippen molar-refractivity contribution in [3.8, 4) is 0 Å². The largest absolute Gasteiger partial charge is 0.327 e. The van der Waals surface area contributed by atoms with Gasteiger partial charge in [0.2, 0.25) is 0 Å². The highest BCUT2D eigenvalue weighted by molar-refractivity contribution is 9.10. The number of benzene rings is 1. The van der Waals surface area contributed by atoms with Crippen LogP contribution >= 0.6 is 27.5 Å². The molecule has 1 unspecified atom stereocenters. The molecule has 0 N–H and O–H groups in total. The van der Waals surface area contributed by atoms with Crippen LogP contribution in [-0.4, -0.2) is 9.55 Å². The lowest BCUT2D eigenvalue weighted by molar-refractivity contribution is 0.621. The molecule has 0 aliphatic carbocycles. The minimum atomic E-state index is -0.282. The second kappa shape index (κ2) is 4.34. The van der Waals surface area contributed by atoms with Crippen LogP contribution in [0.25, 0.3) is 11.0 Å². The number of hydrogen-bond acceptors (Lipinski definition) is 1. The van der Waals surface area contributed by atoms with Crippen molar-refractivity contribution in [2.75, 3.05) is 0 Å². The summed E-state index contributed by atoms with van der Waals surface area (Å²) in [6.45, 7) is 4.58. The van der Waals surface area contributed by atoms with Crippen molar-refractivity contribution < 1.29 is 4.39 Å². The van der Waals surface area contributed by atoms with Crippen molar-refractivity contribution in [2.45, 2.75) is 25.8 Å². The van der Waals surface area contributed by atoms with Gasteiger partial charge in [-0.1, -0.05) is 0 Å². The number of hydrogen-bond donors (Lipinski definition) is 0. The molecule has 0 fully saturated rings. The van der Waals surface area contributed by atoms with Crippen molar-refractivity contribution in [1.29, 1.82) is 0 Å². The van der Waals surface area contributed by atoms with Gasteiger partial charge in [-0.05, 0) is 35.8 Å². The van der Waals surface area contributed by atoms with Crippen molar-refractivity contribution in [3.63, 3.8) is 0 Å². The predicted molar refractivity (Wildman–Crippen MR) is 67.3 cm³/mol. The number of rotatable bonds is 2. The van der Waals surface area contributed by atoms with E-state index in [-0.39, 0.29) is 11.2 Å². The second-order valence-electron chi connectivity index (χ2n) is 3.59. The van der Waals surface area contributed by atoms with E-state index in [0.29, 0.717) is 4.47 Å². The summed E-state index contributed by atoms with van der Waals surface area (Å²) in [5, 5.41) is -0.186. The number of nitrogens with zero attached hydrogens (tertiary/aromatic N) is 2. The molecule has 0 bridgehead atoms. The molecule has 1 aromatic heterocycles. The molecule has 0 amide bonds. The van der Waals surface area contributed by atoms with Gasteiger partial charge in [-0.25, -0.2) is 9.37 Å². The minimum Gasteiger partial charge on any atom is -0.327 e. The topological polar surface area (TPSA) is 17.8 Å². The Bertz CT molecular complexity index is 536. The average Bonchev–Trinajstić information content (AvgIpc) is 2.57. The van der Waals surface area contributed by atoms with Crippen molar-refractivity contribution in [1.82, 2.24) is 9.55 Å². The van der Waals surface area contributed by atoms with Gasteiger partial charge in [0.15, 0.2) is 0 Å². The zero-order valence-corrected chi connectivity index (χ0v) is 11.3. The Morgan fingerprint density at radius 1 is 1.56 bits per heavy atom. The third-order valence-electron chi connectivity index (χ3n) is 2.49. The summed E-state index contributed by atoms with van der Waals surface area (Å²) in [6, 6.07) is 3.16. The molecule has 0 radical (unpaired) electrons. The maximum absolute atomic E-state index is 13.5. The van der Waals surface area contributed by atoms with Crippen LogP contribution in [0.3, 0.4) is 0 Å². The number of alkyl halides is 1. The highest BCUT2D eigenvalue weighted by atomic mass is 79.9. The van der Waals surface area contributed by atoms with Crippen LogP contribution in [0.15, 0.2) is 16.6 Å². The third kappa shape index (κ3) is 1.84. The summed E-state index contributed by atoms with van der Waals surface area (Å²) in [6.07, 6.45) is 0.